The van der Waals surface area contributed by atoms with Crippen LogP contribution in [0.15, 0.2) is 48.7 Å². The Bertz CT molecular complexity index is 1110. The van der Waals surface area contributed by atoms with Gasteiger partial charge in [0.2, 0.25) is 0 Å². The smallest absolute Gasteiger partial charge is 0.264 e. The number of rotatable bonds is 4. The highest BCUT2D eigenvalue weighted by atomic mass is 35.5. The van der Waals surface area contributed by atoms with Gasteiger partial charge < -0.3 is 15.1 Å². The highest BCUT2D eigenvalue weighted by Gasteiger charge is 2.25. The van der Waals surface area contributed by atoms with Crippen LogP contribution in [0.2, 0.25) is 5.02 Å². The predicted molar refractivity (Wildman–Crippen MR) is 121 cm³/mol. The Labute approximate surface area is 188 Å². The maximum atomic E-state index is 13.4. The Morgan fingerprint density at radius 2 is 1.90 bits per heavy atom. The van der Waals surface area contributed by atoms with Crippen LogP contribution in [-0.4, -0.2) is 47.9 Å². The average molecular weight is 459 g/mol. The van der Waals surface area contributed by atoms with E-state index in [1.807, 2.05) is 17.9 Å². The summed E-state index contributed by atoms with van der Waals surface area (Å²) < 4.78 is 13.4. The molecule has 3 aromatic rings. The van der Waals surface area contributed by atoms with Crippen LogP contribution in [0, 0.1) is 12.7 Å². The van der Waals surface area contributed by atoms with Crippen LogP contribution in [0.4, 0.5) is 15.2 Å². The zero-order valence-corrected chi connectivity index (χ0v) is 18.3. The molecule has 0 unspecified atom stereocenters. The fourth-order valence-electron chi connectivity index (χ4n) is 3.41. The van der Waals surface area contributed by atoms with E-state index in [-0.39, 0.29) is 11.5 Å². The standard InChI is InChI=1S/C22H20ClFN4O2S/c1-14-11-19(26-21(29)15-3-2-4-17(24)12-15)31-20(14)22(30)28-9-7-27(8-10-28)18-6-5-16(23)13-25-18/h2-6,11-13H,7-10H2,1H3,(H,26,29). The van der Waals surface area contributed by atoms with Gasteiger partial charge in [-0.25, -0.2) is 9.37 Å². The number of nitrogens with zero attached hydrogens (tertiary/aromatic N) is 3. The first kappa shape index (κ1) is 21.3. The van der Waals surface area contributed by atoms with Crippen LogP contribution in [0.3, 0.4) is 0 Å². The molecule has 2 amide bonds. The van der Waals surface area contributed by atoms with E-state index in [1.165, 1.54) is 29.5 Å². The molecule has 0 bridgehead atoms. The van der Waals surface area contributed by atoms with Crippen LogP contribution >= 0.6 is 22.9 Å². The molecule has 31 heavy (non-hydrogen) atoms. The van der Waals surface area contributed by atoms with E-state index in [2.05, 4.69) is 15.2 Å². The molecule has 9 heteroatoms. The summed E-state index contributed by atoms with van der Waals surface area (Å²) >= 11 is 7.13. The maximum absolute atomic E-state index is 13.4. The number of hydrogen-bond acceptors (Lipinski definition) is 5. The van der Waals surface area contributed by atoms with Crippen molar-refractivity contribution in [1.82, 2.24) is 9.88 Å². The normalized spacial score (nSPS) is 13.9. The quantitative estimate of drug-likeness (QED) is 0.627. The van der Waals surface area contributed by atoms with Gasteiger partial charge in [-0.3, -0.25) is 9.59 Å². The Morgan fingerprint density at radius 1 is 1.13 bits per heavy atom. The molecule has 1 aromatic carbocycles. The Balaban J connectivity index is 1.40. The molecule has 6 nitrogen and oxygen atoms in total. The molecular formula is C22H20ClFN4O2S. The zero-order valence-electron chi connectivity index (χ0n) is 16.8. The molecule has 3 heterocycles. The number of thiophene rings is 1. The number of aromatic nitrogens is 1. The Hall–Kier alpha value is -2.97. The van der Waals surface area contributed by atoms with Crippen molar-refractivity contribution in [1.29, 1.82) is 0 Å². The molecule has 1 saturated heterocycles. The van der Waals surface area contributed by atoms with E-state index in [0.717, 1.165) is 11.4 Å². The number of nitrogens with one attached hydrogen (secondary N) is 1. The third kappa shape index (κ3) is 4.86. The number of pyridine rings is 1. The third-order valence-corrected chi connectivity index (χ3v) is 6.40. The summed E-state index contributed by atoms with van der Waals surface area (Å²) in [5, 5.41) is 3.90. The summed E-state index contributed by atoms with van der Waals surface area (Å²) in [4.78, 5) is 34.3. The fraction of sp³-hybridized carbons (Fsp3) is 0.227. The molecule has 0 spiro atoms. The minimum atomic E-state index is -0.473. The SMILES string of the molecule is Cc1cc(NC(=O)c2cccc(F)c2)sc1C(=O)N1CCN(c2ccc(Cl)cn2)CC1. The lowest BCUT2D eigenvalue weighted by Gasteiger charge is -2.35. The molecule has 160 valence electrons. The lowest BCUT2D eigenvalue weighted by atomic mass is 10.2. The van der Waals surface area contributed by atoms with Gasteiger partial charge in [-0.15, -0.1) is 11.3 Å². The molecule has 1 N–H and O–H groups in total. The van der Waals surface area contributed by atoms with Crippen molar-refractivity contribution in [3.63, 3.8) is 0 Å². The van der Waals surface area contributed by atoms with E-state index in [9.17, 15) is 14.0 Å². The van der Waals surface area contributed by atoms with Crippen molar-refractivity contribution < 1.29 is 14.0 Å². The van der Waals surface area contributed by atoms with Crippen LogP contribution in [0.5, 0.6) is 0 Å². The molecule has 2 aromatic heterocycles. The van der Waals surface area contributed by atoms with E-state index >= 15 is 0 Å². The topological polar surface area (TPSA) is 65.5 Å². The van der Waals surface area contributed by atoms with Gasteiger partial charge in [0.1, 0.15) is 11.6 Å². The van der Waals surface area contributed by atoms with Gasteiger partial charge in [0.05, 0.1) is 14.9 Å². The number of hydrogen-bond donors (Lipinski definition) is 1. The van der Waals surface area contributed by atoms with Gasteiger partial charge in [0.25, 0.3) is 11.8 Å². The lowest BCUT2D eigenvalue weighted by Crippen LogP contribution is -2.49. The molecular weight excluding hydrogens is 439 g/mol. The fourth-order valence-corrected chi connectivity index (χ4v) is 4.55. The molecule has 0 saturated carbocycles. The number of aryl methyl sites for hydroxylation is 1. The second-order valence-electron chi connectivity index (χ2n) is 7.20. The molecule has 1 aliphatic rings. The number of amides is 2. The third-order valence-electron chi connectivity index (χ3n) is 5.04. The van der Waals surface area contributed by atoms with Crippen molar-refractivity contribution in [2.75, 3.05) is 36.4 Å². The minimum absolute atomic E-state index is 0.0579. The summed E-state index contributed by atoms with van der Waals surface area (Å²) in [6.07, 6.45) is 1.61. The maximum Gasteiger partial charge on any atom is 0.264 e. The van der Waals surface area contributed by atoms with Gasteiger partial charge in [0.15, 0.2) is 0 Å². The van der Waals surface area contributed by atoms with Gasteiger partial charge in [0, 0.05) is 37.9 Å². The number of piperazine rings is 1. The molecule has 0 aliphatic carbocycles. The summed E-state index contributed by atoms with van der Waals surface area (Å²) in [7, 11) is 0. The Kier molecular flexibility index (Phi) is 6.20. The number of halogens is 2. The van der Waals surface area contributed by atoms with Gasteiger partial charge in [-0.05, 0) is 48.9 Å². The highest BCUT2D eigenvalue weighted by Crippen LogP contribution is 2.29. The summed E-state index contributed by atoms with van der Waals surface area (Å²) in [6.45, 7) is 4.34. The van der Waals surface area contributed by atoms with Crippen LogP contribution < -0.4 is 10.2 Å². The monoisotopic (exact) mass is 458 g/mol. The first-order chi connectivity index (χ1) is 14.9. The first-order valence-electron chi connectivity index (χ1n) is 9.74. The van der Waals surface area contributed by atoms with Crippen molar-refractivity contribution in [3.05, 3.63) is 75.5 Å². The van der Waals surface area contributed by atoms with Crippen molar-refractivity contribution >= 4 is 45.6 Å². The molecule has 1 fully saturated rings. The number of benzene rings is 1. The van der Waals surface area contributed by atoms with Gasteiger partial charge >= 0.3 is 0 Å². The highest BCUT2D eigenvalue weighted by molar-refractivity contribution is 7.18. The number of anilines is 2. The average Bonchev–Trinajstić information content (AvgIpc) is 3.13. The van der Waals surface area contributed by atoms with E-state index in [4.69, 9.17) is 11.6 Å². The summed E-state index contributed by atoms with van der Waals surface area (Å²) in [6, 6.07) is 10.9. The van der Waals surface area contributed by atoms with E-state index < -0.39 is 11.7 Å². The molecule has 4 rings (SSSR count). The zero-order chi connectivity index (χ0) is 22.0. The van der Waals surface area contributed by atoms with Crippen molar-refractivity contribution in [3.8, 4) is 0 Å². The summed E-state index contributed by atoms with van der Waals surface area (Å²) in [5.74, 6) is -0.105. The van der Waals surface area contributed by atoms with Crippen molar-refractivity contribution in [2.45, 2.75) is 6.92 Å². The van der Waals surface area contributed by atoms with Crippen molar-refractivity contribution in [2.24, 2.45) is 0 Å². The van der Waals surface area contributed by atoms with Crippen LogP contribution in [-0.2, 0) is 0 Å². The predicted octanol–water partition coefficient (Wildman–Crippen LogP) is 4.46. The second kappa shape index (κ2) is 9.03. The first-order valence-corrected chi connectivity index (χ1v) is 10.9. The molecule has 1 aliphatic heterocycles. The molecule has 0 radical (unpaired) electrons. The van der Waals surface area contributed by atoms with E-state index in [1.54, 1.807) is 24.4 Å². The Morgan fingerprint density at radius 3 is 2.58 bits per heavy atom. The van der Waals surface area contributed by atoms with Gasteiger partial charge in [-0.2, -0.15) is 0 Å². The summed E-state index contributed by atoms with van der Waals surface area (Å²) in [5.41, 5.74) is 1.03. The van der Waals surface area contributed by atoms with Crippen LogP contribution in [0.25, 0.3) is 0 Å². The minimum Gasteiger partial charge on any atom is -0.353 e. The number of carbonyl (C=O) groups is 2. The van der Waals surface area contributed by atoms with Gasteiger partial charge in [-0.1, -0.05) is 17.7 Å². The second-order valence-corrected chi connectivity index (χ2v) is 8.69. The largest absolute Gasteiger partial charge is 0.353 e. The lowest BCUT2D eigenvalue weighted by molar-refractivity contribution is 0.0750. The number of carbonyl (C=O) groups excluding carboxylic acids is 2. The molecule has 0 atom stereocenters. The van der Waals surface area contributed by atoms with Crippen LogP contribution in [0.1, 0.15) is 25.6 Å². The van der Waals surface area contributed by atoms with E-state index in [0.29, 0.717) is 41.1 Å².